The first kappa shape index (κ1) is 15.3. The van der Waals surface area contributed by atoms with Crippen molar-refractivity contribution in [3.8, 4) is 0 Å². The second-order valence-electron chi connectivity index (χ2n) is 6.01. The average Bonchev–Trinajstić information content (AvgIpc) is 2.96. The smallest absolute Gasteiger partial charge is 0.317 e. The zero-order valence-electron chi connectivity index (χ0n) is 12.9. The summed E-state index contributed by atoms with van der Waals surface area (Å²) >= 11 is 1.68. The number of hydrogen-bond acceptors (Lipinski definition) is 4. The predicted molar refractivity (Wildman–Crippen MR) is 85.0 cm³/mol. The van der Waals surface area contributed by atoms with E-state index in [0.717, 1.165) is 43.1 Å². The molecule has 1 atom stereocenters. The van der Waals surface area contributed by atoms with Crippen LogP contribution in [0.2, 0.25) is 0 Å². The first-order valence-corrected chi connectivity index (χ1v) is 8.74. The van der Waals surface area contributed by atoms with Gasteiger partial charge in [-0.05, 0) is 26.2 Å². The van der Waals surface area contributed by atoms with Gasteiger partial charge in [0.15, 0.2) is 0 Å². The van der Waals surface area contributed by atoms with Gasteiger partial charge in [-0.1, -0.05) is 0 Å². The van der Waals surface area contributed by atoms with Crippen LogP contribution >= 0.6 is 11.3 Å². The van der Waals surface area contributed by atoms with E-state index in [1.807, 2.05) is 11.8 Å². The third-order valence-electron chi connectivity index (χ3n) is 4.25. The van der Waals surface area contributed by atoms with Crippen LogP contribution in [0.4, 0.5) is 4.79 Å². The lowest BCUT2D eigenvalue weighted by atomic mass is 9.98. The highest BCUT2D eigenvalue weighted by atomic mass is 32.1. The number of aryl methyl sites for hydroxylation is 1. The monoisotopic (exact) mass is 322 g/mol. The van der Waals surface area contributed by atoms with Gasteiger partial charge in [-0.3, -0.25) is 4.79 Å². The van der Waals surface area contributed by atoms with Crippen molar-refractivity contribution in [1.82, 2.24) is 20.1 Å². The summed E-state index contributed by atoms with van der Waals surface area (Å²) in [7, 11) is 0. The minimum absolute atomic E-state index is 0.0510. The van der Waals surface area contributed by atoms with E-state index >= 15 is 0 Å². The number of thiazole rings is 1. The number of carbonyl (C=O) groups excluding carboxylic acids is 2. The fourth-order valence-corrected chi connectivity index (χ4v) is 3.98. The Kier molecular flexibility index (Phi) is 4.61. The Labute approximate surface area is 134 Å². The summed E-state index contributed by atoms with van der Waals surface area (Å²) < 4.78 is 0. The van der Waals surface area contributed by atoms with E-state index in [-0.39, 0.29) is 18.5 Å². The zero-order valence-corrected chi connectivity index (χ0v) is 13.7. The summed E-state index contributed by atoms with van der Waals surface area (Å²) in [5.74, 6) is 0.390. The lowest BCUT2D eigenvalue weighted by Gasteiger charge is -2.34. The van der Waals surface area contributed by atoms with E-state index < -0.39 is 0 Å². The summed E-state index contributed by atoms with van der Waals surface area (Å²) in [6, 6.07) is -0.122. The number of hydrogen-bond donors (Lipinski definition) is 1. The largest absolute Gasteiger partial charge is 0.340 e. The summed E-state index contributed by atoms with van der Waals surface area (Å²) in [6.07, 6.45) is 2.99. The van der Waals surface area contributed by atoms with E-state index in [9.17, 15) is 9.59 Å². The molecule has 0 radical (unpaired) electrons. The summed E-state index contributed by atoms with van der Waals surface area (Å²) in [6.45, 7) is 5.08. The number of piperidine rings is 1. The van der Waals surface area contributed by atoms with Gasteiger partial charge in [0.1, 0.15) is 6.54 Å². The van der Waals surface area contributed by atoms with Gasteiger partial charge in [0.2, 0.25) is 5.91 Å². The van der Waals surface area contributed by atoms with Crippen LogP contribution in [0, 0.1) is 6.92 Å². The average molecular weight is 322 g/mol. The first-order chi connectivity index (χ1) is 10.6. The molecule has 0 bridgehead atoms. The standard InChI is InChI=1S/C15H22N4O2S/c1-11-10-22-14(17-11)12-4-2-6-18(8-12)13(20)9-19-7-3-5-16-15(19)21/h10,12H,2-9H2,1H3,(H,16,21)/t12-/m1/s1. The molecule has 2 aliphatic rings. The van der Waals surface area contributed by atoms with E-state index in [1.54, 1.807) is 16.2 Å². The quantitative estimate of drug-likeness (QED) is 0.919. The molecule has 3 heterocycles. The van der Waals surface area contributed by atoms with Crippen molar-refractivity contribution >= 4 is 23.3 Å². The number of nitrogens with one attached hydrogen (secondary N) is 1. The molecule has 22 heavy (non-hydrogen) atoms. The Balaban J connectivity index is 1.59. The Morgan fingerprint density at radius 2 is 2.32 bits per heavy atom. The maximum atomic E-state index is 12.5. The molecule has 120 valence electrons. The molecule has 2 saturated heterocycles. The lowest BCUT2D eigenvalue weighted by Crippen LogP contribution is -2.51. The second-order valence-corrected chi connectivity index (χ2v) is 6.90. The topological polar surface area (TPSA) is 65.5 Å². The van der Waals surface area contributed by atoms with E-state index in [0.29, 0.717) is 19.0 Å². The number of amides is 3. The molecule has 2 aliphatic heterocycles. The Morgan fingerprint density at radius 3 is 3.05 bits per heavy atom. The van der Waals surface area contributed by atoms with Gasteiger partial charge in [-0.25, -0.2) is 9.78 Å². The van der Waals surface area contributed by atoms with Gasteiger partial charge in [-0.15, -0.1) is 11.3 Å². The minimum atomic E-state index is -0.122. The molecule has 1 aromatic heterocycles. The van der Waals surface area contributed by atoms with E-state index in [2.05, 4.69) is 15.7 Å². The van der Waals surface area contributed by atoms with Crippen molar-refractivity contribution in [2.45, 2.75) is 32.1 Å². The Morgan fingerprint density at radius 1 is 1.45 bits per heavy atom. The molecule has 0 aromatic carbocycles. The Hall–Kier alpha value is -1.63. The van der Waals surface area contributed by atoms with Gasteiger partial charge in [0, 0.05) is 43.2 Å². The molecule has 1 aromatic rings. The minimum Gasteiger partial charge on any atom is -0.340 e. The number of urea groups is 1. The second kappa shape index (κ2) is 6.64. The first-order valence-electron chi connectivity index (χ1n) is 7.86. The molecular formula is C15H22N4O2S. The highest BCUT2D eigenvalue weighted by molar-refractivity contribution is 7.09. The fourth-order valence-electron chi connectivity index (χ4n) is 3.06. The molecule has 0 aliphatic carbocycles. The fraction of sp³-hybridized carbons (Fsp3) is 0.667. The normalized spacial score (nSPS) is 22.6. The third kappa shape index (κ3) is 3.40. The van der Waals surface area contributed by atoms with Gasteiger partial charge in [-0.2, -0.15) is 0 Å². The molecule has 6 nitrogen and oxygen atoms in total. The molecular weight excluding hydrogens is 300 g/mol. The van der Waals surface area contributed by atoms with Crippen LogP contribution in [0.25, 0.3) is 0 Å². The van der Waals surface area contributed by atoms with Crippen molar-refractivity contribution in [3.63, 3.8) is 0 Å². The summed E-state index contributed by atoms with van der Waals surface area (Å²) in [5.41, 5.74) is 1.05. The molecule has 3 rings (SSSR count). The molecule has 7 heteroatoms. The van der Waals surface area contributed by atoms with Crippen molar-refractivity contribution in [2.24, 2.45) is 0 Å². The van der Waals surface area contributed by atoms with Crippen molar-refractivity contribution in [2.75, 3.05) is 32.7 Å². The highest BCUT2D eigenvalue weighted by Gasteiger charge is 2.28. The summed E-state index contributed by atoms with van der Waals surface area (Å²) in [4.78, 5) is 32.3. The predicted octanol–water partition coefficient (Wildman–Crippen LogP) is 1.57. The van der Waals surface area contributed by atoms with E-state index in [1.165, 1.54) is 0 Å². The van der Waals surface area contributed by atoms with Crippen molar-refractivity contribution in [1.29, 1.82) is 0 Å². The molecule has 0 saturated carbocycles. The summed E-state index contributed by atoms with van der Waals surface area (Å²) in [5, 5.41) is 5.98. The van der Waals surface area contributed by atoms with Crippen LogP contribution in [0.5, 0.6) is 0 Å². The lowest BCUT2D eigenvalue weighted by molar-refractivity contribution is -0.133. The maximum absolute atomic E-state index is 12.5. The van der Waals surface area contributed by atoms with Crippen molar-refractivity contribution in [3.05, 3.63) is 16.1 Å². The molecule has 2 fully saturated rings. The maximum Gasteiger partial charge on any atom is 0.317 e. The van der Waals surface area contributed by atoms with Gasteiger partial charge >= 0.3 is 6.03 Å². The number of likely N-dealkylation sites (tertiary alicyclic amines) is 1. The molecule has 1 N–H and O–H groups in total. The number of rotatable bonds is 3. The van der Waals surface area contributed by atoms with E-state index in [4.69, 9.17) is 0 Å². The molecule has 3 amide bonds. The van der Waals surface area contributed by atoms with Crippen LogP contribution in [-0.4, -0.2) is 59.4 Å². The van der Waals surface area contributed by atoms with Crippen LogP contribution < -0.4 is 5.32 Å². The van der Waals surface area contributed by atoms with Crippen LogP contribution in [0.3, 0.4) is 0 Å². The van der Waals surface area contributed by atoms with Crippen molar-refractivity contribution < 1.29 is 9.59 Å². The molecule has 0 unspecified atom stereocenters. The zero-order chi connectivity index (χ0) is 15.5. The van der Waals surface area contributed by atoms with Crippen LogP contribution in [-0.2, 0) is 4.79 Å². The van der Waals surface area contributed by atoms with Gasteiger partial charge in [0.05, 0.1) is 5.01 Å². The van der Waals surface area contributed by atoms with Gasteiger partial charge in [0.25, 0.3) is 0 Å². The van der Waals surface area contributed by atoms with Crippen LogP contribution in [0.15, 0.2) is 5.38 Å². The van der Waals surface area contributed by atoms with Crippen LogP contribution in [0.1, 0.15) is 35.9 Å². The number of aromatic nitrogens is 1. The number of nitrogens with zero attached hydrogens (tertiary/aromatic N) is 3. The SMILES string of the molecule is Cc1csc([C@@H]2CCCN(C(=O)CN3CCCNC3=O)C2)n1. The Bertz CT molecular complexity index is 559. The number of carbonyl (C=O) groups is 2. The highest BCUT2D eigenvalue weighted by Crippen LogP contribution is 2.29. The third-order valence-corrected chi connectivity index (χ3v) is 5.38. The molecule has 0 spiro atoms. The van der Waals surface area contributed by atoms with Gasteiger partial charge < -0.3 is 15.1 Å².